The summed E-state index contributed by atoms with van der Waals surface area (Å²) in [6.07, 6.45) is 2.63. The van der Waals surface area contributed by atoms with Gasteiger partial charge in [-0.3, -0.25) is 9.69 Å². The van der Waals surface area contributed by atoms with Crippen LogP contribution in [0.2, 0.25) is 0 Å². The van der Waals surface area contributed by atoms with E-state index < -0.39 is 0 Å². The van der Waals surface area contributed by atoms with E-state index in [0.29, 0.717) is 24.3 Å². The Hall–Kier alpha value is -1.81. The largest absolute Gasteiger partial charge is 0.469 e. The number of ether oxygens (including phenoxy) is 1. The normalized spacial score (nSPS) is 25.6. The van der Waals surface area contributed by atoms with Crippen molar-refractivity contribution in [3.8, 4) is 0 Å². The Balaban J connectivity index is 1.84. The topological polar surface area (TPSA) is 45.3 Å². The third-order valence-corrected chi connectivity index (χ3v) is 5.34. The van der Waals surface area contributed by atoms with E-state index in [1.807, 2.05) is 0 Å². The van der Waals surface area contributed by atoms with Crippen molar-refractivity contribution in [2.24, 2.45) is 11.8 Å². The number of carbonyl (C=O) groups is 1. The molecule has 23 heavy (non-hydrogen) atoms. The molecule has 0 amide bonds. The van der Waals surface area contributed by atoms with Crippen molar-refractivity contribution in [2.75, 3.05) is 20.7 Å². The monoisotopic (exact) mass is 314 g/mol. The molecule has 1 aromatic heterocycles. The van der Waals surface area contributed by atoms with E-state index in [9.17, 15) is 4.79 Å². The summed E-state index contributed by atoms with van der Waals surface area (Å²) < 4.78 is 4.90. The zero-order valence-electron chi connectivity index (χ0n) is 14.2. The van der Waals surface area contributed by atoms with Crippen LogP contribution in [-0.4, -0.2) is 36.6 Å². The molecule has 124 valence electrons. The van der Waals surface area contributed by atoms with E-state index in [-0.39, 0.29) is 5.97 Å². The van der Waals surface area contributed by atoms with Crippen molar-refractivity contribution in [2.45, 2.75) is 32.2 Å². The molecule has 0 bridgehead atoms. The summed E-state index contributed by atoms with van der Waals surface area (Å²) in [5, 5.41) is 1.25. The van der Waals surface area contributed by atoms with Gasteiger partial charge in [-0.25, -0.2) is 0 Å². The molecule has 1 aromatic carbocycles. The lowest BCUT2D eigenvalue weighted by Crippen LogP contribution is -2.41. The highest BCUT2D eigenvalue weighted by Crippen LogP contribution is 2.39. The fourth-order valence-electron chi connectivity index (χ4n) is 3.95. The Kier molecular flexibility index (Phi) is 4.71. The van der Waals surface area contributed by atoms with Crippen molar-refractivity contribution in [3.63, 3.8) is 0 Å². The molecule has 0 aliphatic carbocycles. The zero-order chi connectivity index (χ0) is 16.4. The summed E-state index contributed by atoms with van der Waals surface area (Å²) in [7, 11) is 3.67. The molecule has 3 rings (SSSR count). The van der Waals surface area contributed by atoms with Crippen LogP contribution in [0, 0.1) is 11.8 Å². The number of hydrogen-bond donors (Lipinski definition) is 1. The number of nitrogens with zero attached hydrogens (tertiary/aromatic N) is 1. The smallest absolute Gasteiger partial charge is 0.305 e. The molecule has 1 aliphatic rings. The van der Waals surface area contributed by atoms with Gasteiger partial charge >= 0.3 is 5.97 Å². The Labute approximate surface area is 137 Å². The van der Waals surface area contributed by atoms with Crippen molar-refractivity contribution < 1.29 is 9.53 Å². The maximum absolute atomic E-state index is 11.8. The van der Waals surface area contributed by atoms with E-state index in [1.54, 1.807) is 0 Å². The number of fused-ring (bicyclic) bond motifs is 1. The number of carbonyl (C=O) groups excluding carboxylic acids is 1. The van der Waals surface area contributed by atoms with Crippen molar-refractivity contribution in [3.05, 3.63) is 36.0 Å². The average molecular weight is 314 g/mol. The summed E-state index contributed by atoms with van der Waals surface area (Å²) in [6, 6.07) is 11.0. The van der Waals surface area contributed by atoms with E-state index in [2.05, 4.69) is 54.2 Å². The van der Waals surface area contributed by atoms with E-state index in [4.69, 9.17) is 4.74 Å². The molecular formula is C19H26N2O2. The van der Waals surface area contributed by atoms with Crippen LogP contribution in [0.1, 0.15) is 37.9 Å². The van der Waals surface area contributed by atoms with Crippen LogP contribution in [0.3, 0.4) is 0 Å². The Morgan fingerprint density at radius 2 is 2.13 bits per heavy atom. The first-order valence-electron chi connectivity index (χ1n) is 8.47. The lowest BCUT2D eigenvalue weighted by molar-refractivity contribution is -0.143. The van der Waals surface area contributed by atoms with E-state index in [0.717, 1.165) is 19.4 Å². The molecule has 1 saturated heterocycles. The standard InChI is InChI=1S/C19H26N2O2/c1-4-13-12-21(2)18(10-15(13)11-19(22)23-3)17-9-14-7-5-6-8-16(14)20-17/h5-9,13,15,18,20H,4,10-12H2,1-3H3/t13-,15-,18+/m1/s1. The second-order valence-corrected chi connectivity index (χ2v) is 6.71. The van der Waals surface area contributed by atoms with Crippen LogP contribution in [0.5, 0.6) is 0 Å². The number of aromatic amines is 1. The summed E-state index contributed by atoms with van der Waals surface area (Å²) in [6.45, 7) is 3.24. The number of para-hydroxylation sites is 1. The average Bonchev–Trinajstić information content (AvgIpc) is 2.99. The van der Waals surface area contributed by atoms with Crippen LogP contribution in [-0.2, 0) is 9.53 Å². The van der Waals surface area contributed by atoms with Gasteiger partial charge in [0.2, 0.25) is 0 Å². The summed E-state index contributed by atoms with van der Waals surface area (Å²) >= 11 is 0. The minimum absolute atomic E-state index is 0.0894. The highest BCUT2D eigenvalue weighted by molar-refractivity contribution is 5.80. The van der Waals surface area contributed by atoms with Crippen molar-refractivity contribution >= 4 is 16.9 Å². The maximum atomic E-state index is 11.8. The first kappa shape index (κ1) is 16.1. The maximum Gasteiger partial charge on any atom is 0.305 e. The number of benzene rings is 1. The molecule has 0 unspecified atom stereocenters. The summed E-state index contributed by atoms with van der Waals surface area (Å²) in [5.41, 5.74) is 2.43. The molecule has 2 heterocycles. The molecule has 1 aliphatic heterocycles. The minimum Gasteiger partial charge on any atom is -0.469 e. The first-order chi connectivity index (χ1) is 11.1. The number of aromatic nitrogens is 1. The number of methoxy groups -OCH3 is 1. The molecule has 0 saturated carbocycles. The molecule has 3 atom stereocenters. The van der Waals surface area contributed by atoms with Crippen LogP contribution in [0.4, 0.5) is 0 Å². The van der Waals surface area contributed by atoms with Gasteiger partial charge in [0.25, 0.3) is 0 Å². The number of likely N-dealkylation sites (tertiary alicyclic amines) is 1. The zero-order valence-corrected chi connectivity index (χ0v) is 14.2. The third kappa shape index (κ3) is 3.27. The van der Waals surface area contributed by atoms with Crippen molar-refractivity contribution in [1.29, 1.82) is 0 Å². The van der Waals surface area contributed by atoms with Gasteiger partial charge in [0, 0.05) is 30.2 Å². The van der Waals surface area contributed by atoms with Gasteiger partial charge in [-0.15, -0.1) is 0 Å². The Morgan fingerprint density at radius 3 is 2.83 bits per heavy atom. The second kappa shape index (κ2) is 6.75. The molecule has 4 heteroatoms. The summed E-state index contributed by atoms with van der Waals surface area (Å²) in [4.78, 5) is 17.7. The van der Waals surface area contributed by atoms with Crippen LogP contribution >= 0.6 is 0 Å². The van der Waals surface area contributed by atoms with Gasteiger partial charge in [-0.2, -0.15) is 0 Å². The lowest BCUT2D eigenvalue weighted by atomic mass is 9.78. The molecule has 4 nitrogen and oxygen atoms in total. The fraction of sp³-hybridized carbons (Fsp3) is 0.526. The van der Waals surface area contributed by atoms with Gasteiger partial charge in [-0.05, 0) is 42.8 Å². The molecule has 2 aromatic rings. The third-order valence-electron chi connectivity index (χ3n) is 5.34. The molecule has 1 fully saturated rings. The number of rotatable bonds is 4. The Bertz CT molecular complexity index is 646. The predicted octanol–water partition coefficient (Wildman–Crippen LogP) is 3.75. The number of piperidine rings is 1. The first-order valence-corrected chi connectivity index (χ1v) is 8.47. The van der Waals surface area contributed by atoms with Crippen LogP contribution < -0.4 is 0 Å². The van der Waals surface area contributed by atoms with Crippen LogP contribution in [0.15, 0.2) is 30.3 Å². The summed E-state index contributed by atoms with van der Waals surface area (Å²) in [5.74, 6) is 0.855. The number of esters is 1. The van der Waals surface area contributed by atoms with Gasteiger partial charge in [-0.1, -0.05) is 31.5 Å². The number of H-pyrrole nitrogens is 1. The molecule has 0 radical (unpaired) electrons. The SMILES string of the molecule is CC[C@@H]1CN(C)[C@H](c2cc3ccccc3[nH]2)C[C@@H]1CC(=O)OC. The van der Waals surface area contributed by atoms with Gasteiger partial charge in [0.1, 0.15) is 0 Å². The van der Waals surface area contributed by atoms with Gasteiger partial charge < -0.3 is 9.72 Å². The van der Waals surface area contributed by atoms with Crippen LogP contribution in [0.25, 0.3) is 10.9 Å². The number of hydrogen-bond acceptors (Lipinski definition) is 3. The molecular weight excluding hydrogens is 288 g/mol. The quantitative estimate of drug-likeness (QED) is 0.874. The van der Waals surface area contributed by atoms with E-state index in [1.165, 1.54) is 23.7 Å². The van der Waals surface area contributed by atoms with Gasteiger partial charge in [0.05, 0.1) is 7.11 Å². The predicted molar refractivity (Wildman–Crippen MR) is 92.2 cm³/mol. The lowest BCUT2D eigenvalue weighted by Gasteiger charge is -2.41. The fourth-order valence-corrected chi connectivity index (χ4v) is 3.95. The van der Waals surface area contributed by atoms with E-state index >= 15 is 0 Å². The van der Waals surface area contributed by atoms with Gasteiger partial charge in [0.15, 0.2) is 0 Å². The highest BCUT2D eigenvalue weighted by Gasteiger charge is 2.35. The molecule has 1 N–H and O–H groups in total. The molecule has 0 spiro atoms. The second-order valence-electron chi connectivity index (χ2n) is 6.71. The Morgan fingerprint density at radius 1 is 1.35 bits per heavy atom. The van der Waals surface area contributed by atoms with Crippen molar-refractivity contribution in [1.82, 2.24) is 9.88 Å². The minimum atomic E-state index is -0.0894. The number of nitrogens with one attached hydrogen (secondary N) is 1. The highest BCUT2D eigenvalue weighted by atomic mass is 16.5.